The standard InChI is InChI=1S/C18H20ClN3O2S/c19-16-3-1-15(2-4-16)18(24)20-11-17(23)22-8-6-21(7-9-22)12-14-5-10-25-13-14/h1-5,10,13H,6-9,11-12H2,(H,20,24)/p+1. The molecule has 2 amide bonds. The third kappa shape index (κ3) is 5.04. The molecule has 132 valence electrons. The number of amides is 2. The first-order valence-corrected chi connectivity index (χ1v) is 9.60. The summed E-state index contributed by atoms with van der Waals surface area (Å²) in [5.74, 6) is -0.288. The summed E-state index contributed by atoms with van der Waals surface area (Å²) in [7, 11) is 0. The zero-order valence-corrected chi connectivity index (χ0v) is 15.4. The van der Waals surface area contributed by atoms with E-state index >= 15 is 0 Å². The fourth-order valence-electron chi connectivity index (χ4n) is 2.90. The average Bonchev–Trinajstić information content (AvgIpc) is 3.13. The second kappa shape index (κ2) is 8.47. The molecular weight excluding hydrogens is 358 g/mol. The number of quaternary nitrogens is 1. The van der Waals surface area contributed by atoms with Gasteiger partial charge in [0.1, 0.15) is 6.54 Å². The molecule has 2 aromatic rings. The van der Waals surface area contributed by atoms with E-state index < -0.39 is 0 Å². The number of thiophene rings is 1. The Labute approximate surface area is 156 Å². The molecule has 1 fully saturated rings. The maximum atomic E-state index is 12.3. The molecular formula is C18H21ClN3O2S+. The summed E-state index contributed by atoms with van der Waals surface area (Å²) in [4.78, 5) is 27.7. The van der Waals surface area contributed by atoms with Crippen LogP contribution in [0.5, 0.6) is 0 Å². The van der Waals surface area contributed by atoms with E-state index in [-0.39, 0.29) is 18.4 Å². The second-order valence-corrected chi connectivity index (χ2v) is 7.35. The van der Waals surface area contributed by atoms with Gasteiger partial charge in [-0.2, -0.15) is 11.3 Å². The second-order valence-electron chi connectivity index (χ2n) is 6.13. The summed E-state index contributed by atoms with van der Waals surface area (Å²) < 4.78 is 0. The van der Waals surface area contributed by atoms with Crippen LogP contribution in [-0.2, 0) is 11.3 Å². The maximum absolute atomic E-state index is 12.3. The van der Waals surface area contributed by atoms with Crippen LogP contribution in [0.2, 0.25) is 5.02 Å². The van der Waals surface area contributed by atoms with Crippen LogP contribution < -0.4 is 10.2 Å². The number of hydrogen-bond acceptors (Lipinski definition) is 3. The fourth-order valence-corrected chi connectivity index (χ4v) is 3.70. The number of benzene rings is 1. The van der Waals surface area contributed by atoms with Crippen molar-refractivity contribution in [1.82, 2.24) is 10.2 Å². The molecule has 0 saturated carbocycles. The molecule has 25 heavy (non-hydrogen) atoms. The molecule has 0 radical (unpaired) electrons. The molecule has 2 N–H and O–H groups in total. The van der Waals surface area contributed by atoms with Crippen molar-refractivity contribution in [2.45, 2.75) is 6.54 Å². The number of halogens is 1. The molecule has 1 aromatic carbocycles. The Hall–Kier alpha value is -1.89. The lowest BCUT2D eigenvalue weighted by Crippen LogP contribution is -3.13. The minimum atomic E-state index is -0.258. The topological polar surface area (TPSA) is 53.9 Å². The minimum Gasteiger partial charge on any atom is -0.343 e. The summed E-state index contributed by atoms with van der Waals surface area (Å²) in [5, 5.41) is 7.54. The molecule has 0 aliphatic carbocycles. The number of hydrogen-bond donors (Lipinski definition) is 2. The van der Waals surface area contributed by atoms with Crippen LogP contribution >= 0.6 is 22.9 Å². The van der Waals surface area contributed by atoms with E-state index in [1.165, 1.54) is 10.5 Å². The number of nitrogens with zero attached hydrogens (tertiary/aromatic N) is 1. The molecule has 3 rings (SSSR count). The highest BCUT2D eigenvalue weighted by molar-refractivity contribution is 7.07. The molecule has 0 atom stereocenters. The zero-order chi connectivity index (χ0) is 17.6. The number of piperazine rings is 1. The Kier molecular flexibility index (Phi) is 6.07. The van der Waals surface area contributed by atoms with E-state index in [4.69, 9.17) is 11.6 Å². The summed E-state index contributed by atoms with van der Waals surface area (Å²) in [6.07, 6.45) is 0. The zero-order valence-electron chi connectivity index (χ0n) is 13.8. The van der Waals surface area contributed by atoms with Crippen LogP contribution in [0.4, 0.5) is 0 Å². The van der Waals surface area contributed by atoms with Crippen LogP contribution in [0.15, 0.2) is 41.1 Å². The summed E-state index contributed by atoms with van der Waals surface area (Å²) in [6.45, 7) is 4.38. The minimum absolute atomic E-state index is 0.0291. The van der Waals surface area contributed by atoms with Gasteiger partial charge in [0.05, 0.1) is 32.7 Å². The van der Waals surface area contributed by atoms with Gasteiger partial charge in [-0.1, -0.05) is 11.6 Å². The van der Waals surface area contributed by atoms with Crippen LogP contribution in [0.25, 0.3) is 0 Å². The van der Waals surface area contributed by atoms with Crippen molar-refractivity contribution in [3.63, 3.8) is 0 Å². The first kappa shape index (κ1) is 17.9. The highest BCUT2D eigenvalue weighted by Gasteiger charge is 2.24. The fraction of sp³-hybridized carbons (Fsp3) is 0.333. The van der Waals surface area contributed by atoms with Gasteiger partial charge in [-0.3, -0.25) is 9.59 Å². The van der Waals surface area contributed by atoms with Gasteiger partial charge < -0.3 is 15.1 Å². The smallest absolute Gasteiger partial charge is 0.251 e. The van der Waals surface area contributed by atoms with E-state index in [0.29, 0.717) is 10.6 Å². The molecule has 5 nitrogen and oxygen atoms in total. The number of carbonyl (C=O) groups excluding carboxylic acids is 2. The highest BCUT2D eigenvalue weighted by Crippen LogP contribution is 2.09. The van der Waals surface area contributed by atoms with Gasteiger partial charge in [0.2, 0.25) is 5.91 Å². The van der Waals surface area contributed by atoms with Crippen molar-refractivity contribution in [3.05, 3.63) is 57.2 Å². The molecule has 0 bridgehead atoms. The Morgan fingerprint density at radius 1 is 1.16 bits per heavy atom. The van der Waals surface area contributed by atoms with Crippen molar-refractivity contribution in [3.8, 4) is 0 Å². The molecule has 2 heterocycles. The molecule has 0 spiro atoms. The Morgan fingerprint density at radius 3 is 2.52 bits per heavy atom. The molecule has 7 heteroatoms. The van der Waals surface area contributed by atoms with Gasteiger partial charge in [-0.15, -0.1) is 0 Å². The molecule has 1 aromatic heterocycles. The van der Waals surface area contributed by atoms with E-state index in [2.05, 4.69) is 22.1 Å². The molecule has 0 unspecified atom stereocenters. The van der Waals surface area contributed by atoms with Gasteiger partial charge in [-0.05, 0) is 41.1 Å². The normalized spacial score (nSPS) is 15.2. The average molecular weight is 379 g/mol. The van der Waals surface area contributed by atoms with Gasteiger partial charge in [-0.25, -0.2) is 0 Å². The van der Waals surface area contributed by atoms with E-state index in [9.17, 15) is 9.59 Å². The molecule has 1 aliphatic rings. The van der Waals surface area contributed by atoms with Crippen LogP contribution in [0.1, 0.15) is 15.9 Å². The van der Waals surface area contributed by atoms with Crippen LogP contribution in [0.3, 0.4) is 0 Å². The first-order chi connectivity index (χ1) is 12.1. The van der Waals surface area contributed by atoms with Crippen molar-refractivity contribution in [2.75, 3.05) is 32.7 Å². The molecule has 1 saturated heterocycles. The molecule has 1 aliphatic heterocycles. The monoisotopic (exact) mass is 378 g/mol. The predicted molar refractivity (Wildman–Crippen MR) is 99.1 cm³/mol. The van der Waals surface area contributed by atoms with Crippen molar-refractivity contribution in [1.29, 1.82) is 0 Å². The van der Waals surface area contributed by atoms with Crippen LogP contribution in [0, 0.1) is 0 Å². The van der Waals surface area contributed by atoms with Crippen molar-refractivity contribution < 1.29 is 14.5 Å². The van der Waals surface area contributed by atoms with Crippen molar-refractivity contribution in [2.24, 2.45) is 0 Å². The number of nitrogens with one attached hydrogen (secondary N) is 2. The number of carbonyl (C=O) groups is 2. The summed E-state index contributed by atoms with van der Waals surface area (Å²) >= 11 is 7.52. The first-order valence-electron chi connectivity index (χ1n) is 8.28. The Bertz CT molecular complexity index is 710. The quantitative estimate of drug-likeness (QED) is 0.817. The largest absolute Gasteiger partial charge is 0.343 e. The lowest BCUT2D eigenvalue weighted by Gasteiger charge is -2.32. The SMILES string of the molecule is O=C(NCC(=O)N1CC[NH+](Cc2ccsc2)CC1)c1ccc(Cl)cc1. The Morgan fingerprint density at radius 2 is 1.88 bits per heavy atom. The lowest BCUT2D eigenvalue weighted by atomic mass is 10.2. The van der Waals surface area contributed by atoms with Crippen molar-refractivity contribution >= 4 is 34.8 Å². The van der Waals surface area contributed by atoms with Gasteiger partial charge in [0, 0.05) is 16.1 Å². The van der Waals surface area contributed by atoms with Gasteiger partial charge in [0.25, 0.3) is 5.91 Å². The van der Waals surface area contributed by atoms with Gasteiger partial charge >= 0.3 is 0 Å². The predicted octanol–water partition coefficient (Wildman–Crippen LogP) is 1.06. The van der Waals surface area contributed by atoms with Gasteiger partial charge in [0.15, 0.2) is 0 Å². The third-order valence-electron chi connectivity index (χ3n) is 4.36. The number of rotatable bonds is 5. The summed E-state index contributed by atoms with van der Waals surface area (Å²) in [5.41, 5.74) is 1.86. The summed E-state index contributed by atoms with van der Waals surface area (Å²) in [6, 6.07) is 8.77. The van der Waals surface area contributed by atoms with E-state index in [1.54, 1.807) is 35.6 Å². The van der Waals surface area contributed by atoms with Crippen LogP contribution in [-0.4, -0.2) is 49.4 Å². The van der Waals surface area contributed by atoms with E-state index in [0.717, 1.165) is 32.7 Å². The highest BCUT2D eigenvalue weighted by atomic mass is 35.5. The maximum Gasteiger partial charge on any atom is 0.251 e. The third-order valence-corrected chi connectivity index (χ3v) is 5.35. The van der Waals surface area contributed by atoms with E-state index in [1.807, 2.05) is 4.90 Å². The Balaban J connectivity index is 1.42. The lowest BCUT2D eigenvalue weighted by molar-refractivity contribution is -0.917.